The van der Waals surface area contributed by atoms with Crippen LogP contribution < -0.4 is 9.64 Å². The Balaban J connectivity index is 1.82. The fraction of sp³-hybridized carbons (Fsp3) is 0.360. The van der Waals surface area contributed by atoms with Crippen molar-refractivity contribution < 1.29 is 19.7 Å². The molecule has 0 saturated heterocycles. The van der Waals surface area contributed by atoms with Crippen LogP contribution in [0.5, 0.6) is 11.8 Å². The molecule has 180 valence electrons. The molecule has 0 saturated carbocycles. The number of halogens is 1. The number of amides is 1. The molecule has 3 aromatic rings. The Morgan fingerprint density at radius 1 is 1.09 bits per heavy atom. The van der Waals surface area contributed by atoms with E-state index in [1.807, 2.05) is 43.3 Å². The van der Waals surface area contributed by atoms with Crippen LogP contribution in [0.4, 0.5) is 5.82 Å². The van der Waals surface area contributed by atoms with E-state index in [9.17, 15) is 15.0 Å². The zero-order valence-electron chi connectivity index (χ0n) is 19.3. The smallest absolute Gasteiger partial charge is 0.304 e. The Morgan fingerprint density at radius 2 is 1.85 bits per heavy atom. The third-order valence-corrected chi connectivity index (χ3v) is 6.13. The summed E-state index contributed by atoms with van der Waals surface area (Å²) in [6.45, 7) is 4.85. The van der Waals surface area contributed by atoms with Gasteiger partial charge in [-0.1, -0.05) is 42.8 Å². The average Bonchev–Trinajstić information content (AvgIpc) is 3.18. The van der Waals surface area contributed by atoms with E-state index in [4.69, 9.17) is 16.3 Å². The monoisotopic (exact) mass is 484 g/mol. The van der Waals surface area contributed by atoms with Crippen molar-refractivity contribution in [2.75, 3.05) is 24.6 Å². The van der Waals surface area contributed by atoms with E-state index in [2.05, 4.69) is 11.9 Å². The molecule has 1 aliphatic rings. The second kappa shape index (κ2) is 10.5. The molecule has 2 N–H and O–H groups in total. The number of aryl methyl sites for hydroxylation is 1. The highest BCUT2D eigenvalue weighted by Gasteiger charge is 2.41. The fourth-order valence-electron chi connectivity index (χ4n) is 4.05. The number of ether oxygens (including phenoxy) is 1. The summed E-state index contributed by atoms with van der Waals surface area (Å²) in [6, 6.07) is 15.4. The van der Waals surface area contributed by atoms with E-state index in [-0.39, 0.29) is 25.1 Å². The van der Waals surface area contributed by atoms with Crippen molar-refractivity contribution >= 4 is 23.3 Å². The molecule has 0 spiro atoms. The van der Waals surface area contributed by atoms with Crippen LogP contribution in [0.15, 0.2) is 48.5 Å². The van der Waals surface area contributed by atoms with Crippen LogP contribution in [0, 0.1) is 0 Å². The quantitative estimate of drug-likeness (QED) is 0.479. The topological polar surface area (TPSA) is 91.1 Å². The average molecular weight is 485 g/mol. The lowest BCUT2D eigenvalue weighted by Gasteiger charge is -2.40. The first-order valence-corrected chi connectivity index (χ1v) is 11.8. The third kappa shape index (κ3) is 4.75. The highest BCUT2D eigenvalue weighted by atomic mass is 35.5. The predicted molar refractivity (Wildman–Crippen MR) is 130 cm³/mol. The van der Waals surface area contributed by atoms with Gasteiger partial charge in [0.05, 0.1) is 6.54 Å². The first-order chi connectivity index (χ1) is 16.5. The van der Waals surface area contributed by atoms with E-state index < -0.39 is 6.35 Å². The van der Waals surface area contributed by atoms with Gasteiger partial charge in [0, 0.05) is 24.7 Å². The van der Waals surface area contributed by atoms with E-state index in [0.717, 1.165) is 17.5 Å². The maximum absolute atomic E-state index is 13.5. The van der Waals surface area contributed by atoms with Crippen molar-refractivity contribution in [3.05, 3.63) is 70.4 Å². The largest absolute Gasteiger partial charge is 0.425 e. The summed E-state index contributed by atoms with van der Waals surface area (Å²) in [6.07, 6.45) is 0.0431. The minimum Gasteiger partial charge on any atom is -0.425 e. The molecule has 2 aromatic carbocycles. The van der Waals surface area contributed by atoms with Crippen LogP contribution >= 0.6 is 11.6 Å². The maximum atomic E-state index is 13.5. The number of aromatic nitrogens is 2. The normalized spacial score (nSPS) is 15.6. The maximum Gasteiger partial charge on any atom is 0.304 e. The third-order valence-electron chi connectivity index (χ3n) is 5.87. The van der Waals surface area contributed by atoms with Gasteiger partial charge in [-0.3, -0.25) is 14.3 Å². The first kappa shape index (κ1) is 24.1. The van der Waals surface area contributed by atoms with Crippen LogP contribution in [-0.2, 0) is 13.0 Å². The Bertz CT molecular complexity index is 1150. The van der Waals surface area contributed by atoms with Crippen LogP contribution in [0.1, 0.15) is 41.9 Å². The molecule has 1 aliphatic heterocycles. The fourth-order valence-corrected chi connectivity index (χ4v) is 4.18. The van der Waals surface area contributed by atoms with E-state index >= 15 is 0 Å². The molecular weight excluding hydrogens is 456 g/mol. The van der Waals surface area contributed by atoms with Gasteiger partial charge >= 0.3 is 6.01 Å². The van der Waals surface area contributed by atoms with Gasteiger partial charge in [0.15, 0.2) is 11.5 Å². The Hall–Kier alpha value is -3.07. The number of aliphatic hydroxyl groups is 2. The number of carbonyl (C=O) groups excluding carboxylic acids is 1. The predicted octanol–water partition coefficient (Wildman–Crippen LogP) is 3.88. The van der Waals surface area contributed by atoms with Crippen LogP contribution in [0.25, 0.3) is 0 Å². The van der Waals surface area contributed by atoms with Gasteiger partial charge in [0.1, 0.15) is 5.75 Å². The number of fused-ring (bicyclic) bond motifs is 1. The van der Waals surface area contributed by atoms with Crippen molar-refractivity contribution in [2.24, 2.45) is 0 Å². The van der Waals surface area contributed by atoms with Gasteiger partial charge in [0.2, 0.25) is 6.35 Å². The first-order valence-electron chi connectivity index (χ1n) is 11.4. The van der Waals surface area contributed by atoms with Crippen molar-refractivity contribution in [1.29, 1.82) is 0 Å². The number of nitrogens with zero attached hydrogens (tertiary/aromatic N) is 4. The molecule has 8 nitrogen and oxygen atoms in total. The van der Waals surface area contributed by atoms with Crippen LogP contribution in [0.3, 0.4) is 0 Å². The van der Waals surface area contributed by atoms with Gasteiger partial charge < -0.3 is 19.8 Å². The van der Waals surface area contributed by atoms with Crippen molar-refractivity contribution in [3.63, 3.8) is 0 Å². The summed E-state index contributed by atoms with van der Waals surface area (Å²) >= 11 is 6.06. The highest BCUT2D eigenvalue weighted by Crippen LogP contribution is 2.36. The zero-order chi connectivity index (χ0) is 24.2. The van der Waals surface area contributed by atoms with Crippen molar-refractivity contribution in [2.45, 2.75) is 39.6 Å². The van der Waals surface area contributed by atoms with E-state index in [0.29, 0.717) is 41.8 Å². The zero-order valence-corrected chi connectivity index (χ0v) is 20.1. The van der Waals surface area contributed by atoms with Gasteiger partial charge in [-0.2, -0.15) is 4.98 Å². The number of hydrogen-bond donors (Lipinski definition) is 2. The molecule has 1 atom stereocenters. The van der Waals surface area contributed by atoms with E-state index in [1.54, 1.807) is 21.6 Å². The lowest BCUT2D eigenvalue weighted by Crippen LogP contribution is -2.56. The molecular formula is C25H29ClN4O4. The van der Waals surface area contributed by atoms with Gasteiger partial charge in [-0.25, -0.2) is 0 Å². The molecule has 0 fully saturated rings. The minimum absolute atomic E-state index is 0.0817. The lowest BCUT2D eigenvalue weighted by molar-refractivity contribution is -0.00105. The molecule has 0 aliphatic carbocycles. The number of rotatable bonds is 9. The molecule has 1 unspecified atom stereocenters. The van der Waals surface area contributed by atoms with Crippen molar-refractivity contribution in [3.8, 4) is 11.8 Å². The Kier molecular flexibility index (Phi) is 7.41. The number of hydrogen-bond acceptors (Lipinski definition) is 6. The summed E-state index contributed by atoms with van der Waals surface area (Å²) in [5.74, 6) is 0.627. The number of benzene rings is 2. The highest BCUT2D eigenvalue weighted by molar-refractivity contribution is 6.30. The summed E-state index contributed by atoms with van der Waals surface area (Å²) in [4.78, 5) is 21.2. The van der Waals surface area contributed by atoms with Gasteiger partial charge in [-0.05, 0) is 55.2 Å². The summed E-state index contributed by atoms with van der Waals surface area (Å²) in [7, 11) is 0. The molecule has 1 amide bonds. The molecule has 9 heteroatoms. The Morgan fingerprint density at radius 3 is 2.53 bits per heavy atom. The molecule has 4 rings (SSSR count). The second-order valence-corrected chi connectivity index (χ2v) is 8.53. The lowest BCUT2D eigenvalue weighted by atomic mass is 10.2. The molecule has 2 heterocycles. The number of imidazole rings is 1. The van der Waals surface area contributed by atoms with Crippen LogP contribution in [0.2, 0.25) is 5.02 Å². The number of carbonyl (C=O) groups is 1. The molecule has 34 heavy (non-hydrogen) atoms. The Labute approximate surface area is 204 Å². The SMILES string of the molecule is CCc1cccc(Oc2nc3c(n2Cc2ccc(Cl)cc2)C(=O)N(CCCO)C(O)N3CC)c1. The number of anilines is 1. The van der Waals surface area contributed by atoms with Crippen molar-refractivity contribution in [1.82, 2.24) is 14.5 Å². The molecule has 1 aromatic heterocycles. The molecule has 0 bridgehead atoms. The summed E-state index contributed by atoms with van der Waals surface area (Å²) < 4.78 is 7.94. The minimum atomic E-state index is -1.17. The molecule has 0 radical (unpaired) electrons. The van der Waals surface area contributed by atoms with Crippen LogP contribution in [-0.4, -0.2) is 56.6 Å². The van der Waals surface area contributed by atoms with E-state index in [1.165, 1.54) is 4.90 Å². The number of aliphatic hydroxyl groups excluding tert-OH is 2. The standard InChI is InChI=1S/C25H29ClN4O4/c1-3-17-7-5-8-20(15-17)34-24-27-22-21(30(24)16-18-9-11-19(26)12-10-18)23(32)29(13-6-14-31)25(33)28(22)4-2/h5,7-12,15,25,31,33H,3-4,6,13-14,16H2,1-2H3. The summed E-state index contributed by atoms with van der Waals surface area (Å²) in [5, 5.41) is 20.8. The van der Waals surface area contributed by atoms with Gasteiger partial charge in [0.25, 0.3) is 5.91 Å². The summed E-state index contributed by atoms with van der Waals surface area (Å²) in [5.41, 5.74) is 2.37. The second-order valence-electron chi connectivity index (χ2n) is 8.09. The van der Waals surface area contributed by atoms with Gasteiger partial charge in [-0.15, -0.1) is 0 Å².